The molecule has 0 N–H and O–H groups in total. The fourth-order valence-corrected chi connectivity index (χ4v) is 2.74. The highest BCUT2D eigenvalue weighted by atomic mass is 19.1. The molecule has 2 aromatic carbocycles. The number of benzene rings is 2. The zero-order valence-electron chi connectivity index (χ0n) is 15.0. The van der Waals surface area contributed by atoms with E-state index in [1.165, 1.54) is 11.0 Å². The van der Waals surface area contributed by atoms with Crippen LogP contribution in [-0.2, 0) is 6.54 Å². The lowest BCUT2D eigenvalue weighted by Crippen LogP contribution is -2.27. The Bertz CT molecular complexity index is 987. The van der Waals surface area contributed by atoms with E-state index in [2.05, 4.69) is 9.97 Å². The van der Waals surface area contributed by atoms with Crippen molar-refractivity contribution in [1.82, 2.24) is 14.9 Å². The summed E-state index contributed by atoms with van der Waals surface area (Å²) >= 11 is 0. The SMILES string of the molecule is Cc1ncc(-c2ccc(F)c(CN(C)C(=O)c3ccccc3C=O)c2)cn1. The molecule has 0 aliphatic rings. The number of hydrogen-bond donors (Lipinski definition) is 0. The Morgan fingerprint density at radius 1 is 1.11 bits per heavy atom. The maximum absolute atomic E-state index is 14.3. The van der Waals surface area contributed by atoms with Crippen LogP contribution in [0.15, 0.2) is 54.9 Å². The van der Waals surface area contributed by atoms with Crippen molar-refractivity contribution in [3.63, 3.8) is 0 Å². The van der Waals surface area contributed by atoms with Gasteiger partial charge in [-0.05, 0) is 30.7 Å². The highest BCUT2D eigenvalue weighted by Crippen LogP contribution is 2.22. The molecule has 0 bridgehead atoms. The van der Waals surface area contributed by atoms with E-state index >= 15 is 0 Å². The van der Waals surface area contributed by atoms with E-state index in [0.29, 0.717) is 28.8 Å². The molecule has 0 saturated heterocycles. The molecule has 136 valence electrons. The molecule has 0 fully saturated rings. The van der Waals surface area contributed by atoms with Crippen LogP contribution in [0.4, 0.5) is 4.39 Å². The van der Waals surface area contributed by atoms with Crippen LogP contribution in [0.1, 0.15) is 32.1 Å². The summed E-state index contributed by atoms with van der Waals surface area (Å²) in [5, 5.41) is 0. The molecule has 0 unspecified atom stereocenters. The van der Waals surface area contributed by atoms with Crippen molar-refractivity contribution < 1.29 is 14.0 Å². The lowest BCUT2D eigenvalue weighted by molar-refractivity contribution is 0.0781. The predicted octanol–water partition coefficient (Wildman–Crippen LogP) is 3.68. The number of carbonyl (C=O) groups excluding carboxylic acids is 2. The van der Waals surface area contributed by atoms with Gasteiger partial charge in [0.2, 0.25) is 0 Å². The van der Waals surface area contributed by atoms with Crippen molar-refractivity contribution in [3.8, 4) is 11.1 Å². The molecule has 1 amide bonds. The molecule has 5 nitrogen and oxygen atoms in total. The van der Waals surface area contributed by atoms with Gasteiger partial charge in [0.05, 0.1) is 5.56 Å². The van der Waals surface area contributed by atoms with E-state index in [9.17, 15) is 14.0 Å². The van der Waals surface area contributed by atoms with Crippen LogP contribution in [0.3, 0.4) is 0 Å². The zero-order chi connectivity index (χ0) is 19.4. The maximum Gasteiger partial charge on any atom is 0.254 e. The molecule has 0 atom stereocenters. The first kappa shape index (κ1) is 18.4. The zero-order valence-corrected chi connectivity index (χ0v) is 15.0. The molecule has 3 aromatic rings. The van der Waals surface area contributed by atoms with E-state index in [0.717, 1.165) is 11.1 Å². The van der Waals surface area contributed by atoms with Gasteiger partial charge in [-0.3, -0.25) is 9.59 Å². The van der Waals surface area contributed by atoms with Gasteiger partial charge in [0.1, 0.15) is 11.6 Å². The first-order valence-corrected chi connectivity index (χ1v) is 8.36. The minimum atomic E-state index is -0.407. The third-order valence-corrected chi connectivity index (χ3v) is 4.23. The molecule has 3 rings (SSSR count). The van der Waals surface area contributed by atoms with Crippen molar-refractivity contribution >= 4 is 12.2 Å². The topological polar surface area (TPSA) is 63.2 Å². The Morgan fingerprint density at radius 2 is 1.81 bits per heavy atom. The average molecular weight is 363 g/mol. The van der Waals surface area contributed by atoms with Gasteiger partial charge in [-0.25, -0.2) is 14.4 Å². The van der Waals surface area contributed by atoms with Crippen molar-refractivity contribution in [1.29, 1.82) is 0 Å². The number of rotatable bonds is 5. The lowest BCUT2D eigenvalue weighted by Gasteiger charge is -2.19. The standard InChI is InChI=1S/C21H18FN3O2/c1-14-23-10-18(11-24-14)15-7-8-20(22)17(9-15)12-25(2)21(27)19-6-4-3-5-16(19)13-26/h3-11,13H,12H2,1-2H3. The Balaban J connectivity index is 1.86. The Hall–Kier alpha value is -3.41. The van der Waals surface area contributed by atoms with E-state index in [4.69, 9.17) is 0 Å². The van der Waals surface area contributed by atoms with Crippen LogP contribution in [-0.4, -0.2) is 34.1 Å². The van der Waals surface area contributed by atoms with Gasteiger partial charge in [-0.15, -0.1) is 0 Å². The third kappa shape index (κ3) is 4.06. The lowest BCUT2D eigenvalue weighted by atomic mass is 10.0. The highest BCUT2D eigenvalue weighted by molar-refractivity contribution is 6.01. The monoisotopic (exact) mass is 363 g/mol. The number of halogens is 1. The van der Waals surface area contributed by atoms with E-state index < -0.39 is 5.82 Å². The summed E-state index contributed by atoms with van der Waals surface area (Å²) in [6.07, 6.45) is 3.99. The number of nitrogens with zero attached hydrogens (tertiary/aromatic N) is 3. The van der Waals surface area contributed by atoms with E-state index in [1.54, 1.807) is 62.8 Å². The molecule has 1 aromatic heterocycles. The summed E-state index contributed by atoms with van der Waals surface area (Å²) in [6, 6.07) is 11.2. The van der Waals surface area contributed by atoms with Gasteiger partial charge in [0.25, 0.3) is 5.91 Å². The third-order valence-electron chi connectivity index (χ3n) is 4.23. The van der Waals surface area contributed by atoms with Crippen molar-refractivity contribution in [2.45, 2.75) is 13.5 Å². The predicted molar refractivity (Wildman–Crippen MR) is 99.8 cm³/mol. The van der Waals surface area contributed by atoms with Crippen LogP contribution < -0.4 is 0 Å². The van der Waals surface area contributed by atoms with Crippen molar-refractivity contribution in [2.24, 2.45) is 0 Å². The normalized spacial score (nSPS) is 10.5. The summed E-state index contributed by atoms with van der Waals surface area (Å²) in [4.78, 5) is 33.5. The van der Waals surface area contributed by atoms with Gasteiger partial charge in [0.15, 0.2) is 6.29 Å². The second kappa shape index (κ2) is 7.86. The van der Waals surface area contributed by atoms with E-state index in [1.807, 2.05) is 0 Å². The van der Waals surface area contributed by atoms with Gasteiger partial charge < -0.3 is 4.90 Å². The molecular formula is C21H18FN3O2. The smallest absolute Gasteiger partial charge is 0.254 e. The summed E-state index contributed by atoms with van der Waals surface area (Å²) in [5.74, 6) is -0.100. The van der Waals surface area contributed by atoms with E-state index in [-0.39, 0.29) is 12.5 Å². The van der Waals surface area contributed by atoms with Crippen LogP contribution in [0.2, 0.25) is 0 Å². The second-order valence-corrected chi connectivity index (χ2v) is 6.19. The number of aromatic nitrogens is 2. The molecule has 0 saturated carbocycles. The number of aryl methyl sites for hydroxylation is 1. The molecule has 0 radical (unpaired) electrons. The summed E-state index contributed by atoms with van der Waals surface area (Å²) in [6.45, 7) is 1.86. The van der Waals surface area contributed by atoms with Crippen LogP contribution in [0.25, 0.3) is 11.1 Å². The molecule has 1 heterocycles. The largest absolute Gasteiger partial charge is 0.337 e. The molecule has 0 aliphatic carbocycles. The van der Waals surface area contributed by atoms with Crippen molar-refractivity contribution in [3.05, 3.63) is 83.2 Å². The minimum absolute atomic E-state index is 0.0679. The maximum atomic E-state index is 14.3. The highest BCUT2D eigenvalue weighted by Gasteiger charge is 2.17. The van der Waals surface area contributed by atoms with Gasteiger partial charge >= 0.3 is 0 Å². The van der Waals surface area contributed by atoms with Gasteiger partial charge in [-0.2, -0.15) is 0 Å². The quantitative estimate of drug-likeness (QED) is 0.649. The van der Waals surface area contributed by atoms with Crippen LogP contribution >= 0.6 is 0 Å². The molecule has 27 heavy (non-hydrogen) atoms. The Labute approximate surface area is 156 Å². The molecule has 0 spiro atoms. The second-order valence-electron chi connectivity index (χ2n) is 6.19. The summed E-state index contributed by atoms with van der Waals surface area (Å²) in [7, 11) is 1.57. The first-order chi connectivity index (χ1) is 13.0. The number of aldehydes is 1. The van der Waals surface area contributed by atoms with Gasteiger partial charge in [0, 0.05) is 42.7 Å². The number of amides is 1. The molecular weight excluding hydrogens is 345 g/mol. The fraction of sp³-hybridized carbons (Fsp3) is 0.143. The fourth-order valence-electron chi connectivity index (χ4n) is 2.74. The van der Waals surface area contributed by atoms with Crippen LogP contribution in [0, 0.1) is 12.7 Å². The Morgan fingerprint density at radius 3 is 2.52 bits per heavy atom. The Kier molecular flexibility index (Phi) is 5.35. The van der Waals surface area contributed by atoms with Crippen molar-refractivity contribution in [2.75, 3.05) is 7.05 Å². The average Bonchev–Trinajstić information content (AvgIpc) is 2.69. The van der Waals surface area contributed by atoms with Gasteiger partial charge in [-0.1, -0.05) is 24.3 Å². The number of hydrogen-bond acceptors (Lipinski definition) is 4. The summed E-state index contributed by atoms with van der Waals surface area (Å²) in [5.41, 5.74) is 2.49. The first-order valence-electron chi connectivity index (χ1n) is 8.36. The molecule has 0 aliphatic heterocycles. The minimum Gasteiger partial charge on any atom is -0.337 e. The summed E-state index contributed by atoms with van der Waals surface area (Å²) < 4.78 is 14.3. The number of carbonyl (C=O) groups is 2. The molecule has 6 heteroatoms. The van der Waals surface area contributed by atoms with Crippen LogP contribution in [0.5, 0.6) is 0 Å².